The van der Waals surface area contributed by atoms with Crippen LogP contribution in [-0.4, -0.2) is 31.2 Å². The maximum atomic E-state index is 12.8. The Balaban J connectivity index is 1.72. The van der Waals surface area contributed by atoms with Crippen molar-refractivity contribution in [2.75, 3.05) is 16.4 Å². The van der Waals surface area contributed by atoms with Gasteiger partial charge in [-0.15, -0.1) is 11.8 Å². The van der Waals surface area contributed by atoms with Crippen molar-refractivity contribution >= 4 is 44.8 Å². The molecule has 2 amide bonds. The van der Waals surface area contributed by atoms with Crippen LogP contribution in [0.15, 0.2) is 52.3 Å². The molecule has 27 heavy (non-hydrogen) atoms. The summed E-state index contributed by atoms with van der Waals surface area (Å²) in [5.41, 5.74) is 2.19. The van der Waals surface area contributed by atoms with E-state index in [-0.39, 0.29) is 23.1 Å². The Morgan fingerprint density at radius 2 is 1.93 bits per heavy atom. The lowest BCUT2D eigenvalue weighted by Gasteiger charge is -2.18. The first-order valence-electron chi connectivity index (χ1n) is 8.43. The summed E-state index contributed by atoms with van der Waals surface area (Å²) in [6.07, 6.45) is -0.158. The monoisotopic (exact) mass is 404 g/mol. The highest BCUT2D eigenvalue weighted by Gasteiger charge is 2.27. The number of amides is 2. The van der Waals surface area contributed by atoms with Gasteiger partial charge in [-0.05, 0) is 44.2 Å². The molecule has 0 aliphatic carbocycles. The van der Waals surface area contributed by atoms with Crippen LogP contribution >= 0.6 is 11.8 Å². The first-order chi connectivity index (χ1) is 12.8. The Morgan fingerprint density at radius 3 is 2.63 bits per heavy atom. The van der Waals surface area contributed by atoms with E-state index in [0.717, 1.165) is 10.5 Å². The summed E-state index contributed by atoms with van der Waals surface area (Å²) >= 11 is 1.37. The first kappa shape index (κ1) is 19.4. The van der Waals surface area contributed by atoms with Crippen molar-refractivity contribution in [2.45, 2.75) is 35.3 Å². The number of hydrogen-bond acceptors (Lipinski definition) is 5. The standard InChI is InChI=1S/C19H20N2O4S2/c1-12-3-5-14(6-4-12)20-18(22)9-13(2)27(24,25)15-7-8-17-16(10-15)21-19(23)11-26-17/h3-8,10,13H,9,11H2,1-2H3,(H,20,22)(H,21,23). The fourth-order valence-electron chi connectivity index (χ4n) is 2.69. The SMILES string of the molecule is Cc1ccc(NC(=O)CC(C)S(=O)(=O)c2ccc3c(c2)NC(=O)CS3)cc1. The molecule has 1 atom stereocenters. The molecular weight excluding hydrogens is 384 g/mol. The molecule has 2 N–H and O–H groups in total. The zero-order chi connectivity index (χ0) is 19.6. The van der Waals surface area contributed by atoms with Crippen LogP contribution in [-0.2, 0) is 19.4 Å². The quantitative estimate of drug-likeness (QED) is 0.798. The van der Waals surface area contributed by atoms with Crippen molar-refractivity contribution in [1.82, 2.24) is 0 Å². The molecule has 1 unspecified atom stereocenters. The number of hydrogen-bond donors (Lipinski definition) is 2. The molecule has 1 heterocycles. The summed E-state index contributed by atoms with van der Waals surface area (Å²) in [5, 5.41) is 4.51. The second-order valence-electron chi connectivity index (χ2n) is 6.47. The van der Waals surface area contributed by atoms with E-state index < -0.39 is 15.1 Å². The molecule has 142 valence electrons. The summed E-state index contributed by atoms with van der Waals surface area (Å²) in [4.78, 5) is 24.7. The second kappa shape index (κ2) is 7.74. The number of rotatable bonds is 5. The van der Waals surface area contributed by atoms with Crippen LogP contribution in [0.2, 0.25) is 0 Å². The molecule has 0 fully saturated rings. The second-order valence-corrected chi connectivity index (χ2v) is 9.85. The molecule has 1 aliphatic heterocycles. The molecule has 0 bridgehead atoms. The van der Waals surface area contributed by atoms with Crippen LogP contribution in [0.4, 0.5) is 11.4 Å². The molecule has 6 nitrogen and oxygen atoms in total. The predicted molar refractivity (Wildman–Crippen MR) is 107 cm³/mol. The number of carbonyl (C=O) groups is 2. The molecular formula is C19H20N2O4S2. The van der Waals surface area contributed by atoms with E-state index in [0.29, 0.717) is 17.1 Å². The minimum absolute atomic E-state index is 0.0969. The van der Waals surface area contributed by atoms with Crippen LogP contribution in [0.25, 0.3) is 0 Å². The Morgan fingerprint density at radius 1 is 1.22 bits per heavy atom. The van der Waals surface area contributed by atoms with Gasteiger partial charge in [-0.25, -0.2) is 8.42 Å². The van der Waals surface area contributed by atoms with E-state index in [2.05, 4.69) is 10.6 Å². The molecule has 1 aliphatic rings. The summed E-state index contributed by atoms with van der Waals surface area (Å²) in [5.74, 6) is -0.210. The van der Waals surface area contributed by atoms with Gasteiger partial charge in [-0.1, -0.05) is 17.7 Å². The molecule has 8 heteroatoms. The van der Waals surface area contributed by atoms with E-state index in [1.54, 1.807) is 18.2 Å². The van der Waals surface area contributed by atoms with Gasteiger partial charge in [-0.2, -0.15) is 0 Å². The fourth-order valence-corrected chi connectivity index (χ4v) is 4.85. The van der Waals surface area contributed by atoms with Gasteiger partial charge in [0.25, 0.3) is 0 Å². The van der Waals surface area contributed by atoms with Crippen LogP contribution in [0.5, 0.6) is 0 Å². The van der Waals surface area contributed by atoms with Crippen LogP contribution in [0, 0.1) is 6.92 Å². The smallest absolute Gasteiger partial charge is 0.234 e. The van der Waals surface area contributed by atoms with Gasteiger partial charge < -0.3 is 10.6 Å². The number of anilines is 2. The summed E-state index contributed by atoms with van der Waals surface area (Å²) < 4.78 is 25.7. The first-order valence-corrected chi connectivity index (χ1v) is 11.0. The molecule has 0 saturated heterocycles. The van der Waals surface area contributed by atoms with Crippen LogP contribution < -0.4 is 10.6 Å². The van der Waals surface area contributed by atoms with Gasteiger partial charge in [0.05, 0.1) is 21.6 Å². The average molecular weight is 405 g/mol. The number of aryl methyl sites for hydroxylation is 1. The number of benzene rings is 2. The third kappa shape index (κ3) is 4.51. The van der Waals surface area contributed by atoms with Crippen molar-refractivity contribution in [3.05, 3.63) is 48.0 Å². The maximum absolute atomic E-state index is 12.8. The van der Waals surface area contributed by atoms with Gasteiger partial charge in [0.1, 0.15) is 0 Å². The summed E-state index contributed by atoms with van der Waals surface area (Å²) in [7, 11) is -3.71. The highest BCUT2D eigenvalue weighted by atomic mass is 32.2. The van der Waals surface area contributed by atoms with Crippen molar-refractivity contribution in [1.29, 1.82) is 0 Å². The third-order valence-electron chi connectivity index (χ3n) is 4.25. The zero-order valence-electron chi connectivity index (χ0n) is 15.0. The lowest BCUT2D eigenvalue weighted by atomic mass is 10.2. The molecule has 2 aromatic rings. The van der Waals surface area contributed by atoms with E-state index >= 15 is 0 Å². The van der Waals surface area contributed by atoms with E-state index in [1.165, 1.54) is 30.8 Å². The topological polar surface area (TPSA) is 92.3 Å². The average Bonchev–Trinajstić information content (AvgIpc) is 2.62. The summed E-state index contributed by atoms with van der Waals surface area (Å²) in [6.45, 7) is 3.45. The van der Waals surface area contributed by atoms with Crippen molar-refractivity contribution in [2.24, 2.45) is 0 Å². The van der Waals surface area contributed by atoms with Crippen molar-refractivity contribution < 1.29 is 18.0 Å². The Kier molecular flexibility index (Phi) is 5.57. The minimum Gasteiger partial charge on any atom is -0.326 e. The molecule has 0 spiro atoms. The van der Waals surface area contributed by atoms with Crippen molar-refractivity contribution in [3.63, 3.8) is 0 Å². The van der Waals surface area contributed by atoms with Crippen LogP contribution in [0.3, 0.4) is 0 Å². The van der Waals surface area contributed by atoms with Gasteiger partial charge in [-0.3, -0.25) is 9.59 Å². The minimum atomic E-state index is -3.71. The van der Waals surface area contributed by atoms with Gasteiger partial charge in [0.15, 0.2) is 9.84 Å². The number of thioether (sulfide) groups is 1. The molecule has 0 radical (unpaired) electrons. The van der Waals surface area contributed by atoms with Gasteiger partial charge >= 0.3 is 0 Å². The largest absolute Gasteiger partial charge is 0.326 e. The summed E-state index contributed by atoms with van der Waals surface area (Å²) in [6, 6.07) is 12.0. The number of nitrogens with one attached hydrogen (secondary N) is 2. The Labute approximate surface area is 162 Å². The molecule has 0 aromatic heterocycles. The van der Waals surface area contributed by atoms with Gasteiger partial charge in [0, 0.05) is 17.0 Å². The maximum Gasteiger partial charge on any atom is 0.234 e. The highest BCUT2D eigenvalue weighted by Crippen LogP contribution is 2.34. The number of carbonyl (C=O) groups excluding carboxylic acids is 2. The van der Waals surface area contributed by atoms with Crippen molar-refractivity contribution in [3.8, 4) is 0 Å². The van der Waals surface area contributed by atoms with Gasteiger partial charge in [0.2, 0.25) is 11.8 Å². The third-order valence-corrected chi connectivity index (χ3v) is 7.46. The Bertz CT molecular complexity index is 985. The lowest BCUT2D eigenvalue weighted by Crippen LogP contribution is -2.25. The zero-order valence-corrected chi connectivity index (χ0v) is 16.6. The van der Waals surface area contributed by atoms with E-state index in [9.17, 15) is 18.0 Å². The molecule has 3 rings (SSSR count). The van der Waals surface area contributed by atoms with Crippen LogP contribution in [0.1, 0.15) is 18.9 Å². The Hall–Kier alpha value is -2.32. The fraction of sp³-hybridized carbons (Fsp3) is 0.263. The highest BCUT2D eigenvalue weighted by molar-refractivity contribution is 8.00. The lowest BCUT2D eigenvalue weighted by molar-refractivity contribution is -0.116. The molecule has 0 saturated carbocycles. The number of fused-ring (bicyclic) bond motifs is 1. The van der Waals surface area contributed by atoms with E-state index in [4.69, 9.17) is 0 Å². The molecule has 2 aromatic carbocycles. The normalized spacial score (nSPS) is 14.8. The van der Waals surface area contributed by atoms with E-state index in [1.807, 2.05) is 19.1 Å². The predicted octanol–water partition coefficient (Wildman–Crippen LogP) is 3.23. The number of sulfone groups is 1.